The molecule has 0 aliphatic carbocycles. The maximum Gasteiger partial charge on any atom is 0.260 e. The van der Waals surface area contributed by atoms with Crippen LogP contribution in [0.5, 0.6) is 0 Å². The molecule has 0 saturated carbocycles. The van der Waals surface area contributed by atoms with E-state index >= 15 is 0 Å². The largest absolute Gasteiger partial charge is 0.333 e. The molecule has 0 radical (unpaired) electrons. The summed E-state index contributed by atoms with van der Waals surface area (Å²) in [6.07, 6.45) is 0. The molecule has 0 unspecified atom stereocenters. The lowest BCUT2D eigenvalue weighted by molar-refractivity contribution is 0.0645. The van der Waals surface area contributed by atoms with E-state index in [9.17, 15) is 18.0 Å². The zero-order valence-electron chi connectivity index (χ0n) is 9.84. The summed E-state index contributed by atoms with van der Waals surface area (Å²) in [5.41, 5.74) is -0.690. The van der Waals surface area contributed by atoms with E-state index in [4.69, 9.17) is 0 Å². The molecule has 0 spiro atoms. The van der Waals surface area contributed by atoms with Crippen LogP contribution >= 0.6 is 0 Å². The van der Waals surface area contributed by atoms with Gasteiger partial charge in [0.15, 0.2) is 0 Å². The third-order valence-corrected chi connectivity index (χ3v) is 2.98. The van der Waals surface area contributed by atoms with Gasteiger partial charge < -0.3 is 10.2 Å². The maximum atomic E-state index is 13.5. The molecule has 1 amide bonds. The normalized spacial score (nSPS) is 20.0. The summed E-state index contributed by atoms with van der Waals surface area (Å²) >= 11 is 0. The van der Waals surface area contributed by atoms with Crippen LogP contribution in [0.2, 0.25) is 0 Å². The SMILES string of the molecule is C[C@H]1CNCCN1C(=O)c1c(F)cc(F)cc1F. The van der Waals surface area contributed by atoms with Gasteiger partial charge in [0.05, 0.1) is 0 Å². The van der Waals surface area contributed by atoms with Crippen LogP contribution in [0.4, 0.5) is 13.2 Å². The molecule has 1 N–H and O–H groups in total. The van der Waals surface area contributed by atoms with Crippen LogP contribution in [0, 0.1) is 17.5 Å². The Morgan fingerprint density at radius 2 is 1.94 bits per heavy atom. The average Bonchev–Trinajstić information content (AvgIpc) is 2.27. The van der Waals surface area contributed by atoms with Gasteiger partial charge in [0, 0.05) is 37.8 Å². The second-order valence-corrected chi connectivity index (χ2v) is 4.30. The van der Waals surface area contributed by atoms with E-state index < -0.39 is 28.9 Å². The summed E-state index contributed by atoms with van der Waals surface area (Å²) in [6.45, 7) is 3.29. The number of piperazine rings is 1. The minimum Gasteiger partial charge on any atom is -0.333 e. The number of hydrogen-bond acceptors (Lipinski definition) is 2. The third-order valence-electron chi connectivity index (χ3n) is 2.98. The summed E-state index contributed by atoms with van der Waals surface area (Å²) in [7, 11) is 0. The number of hydrogen-bond donors (Lipinski definition) is 1. The Bertz CT molecular complexity index is 455. The van der Waals surface area contributed by atoms with Gasteiger partial charge in [-0.2, -0.15) is 0 Å². The van der Waals surface area contributed by atoms with Gasteiger partial charge in [-0.15, -0.1) is 0 Å². The highest BCUT2D eigenvalue weighted by Gasteiger charge is 2.28. The van der Waals surface area contributed by atoms with E-state index in [0.717, 1.165) is 0 Å². The smallest absolute Gasteiger partial charge is 0.260 e. The molecule has 1 heterocycles. The van der Waals surface area contributed by atoms with Crippen LogP contribution in [0.1, 0.15) is 17.3 Å². The van der Waals surface area contributed by atoms with Crippen LogP contribution in [0.25, 0.3) is 0 Å². The summed E-state index contributed by atoms with van der Waals surface area (Å²) in [5.74, 6) is -4.10. The van der Waals surface area contributed by atoms with Crippen molar-refractivity contribution in [3.8, 4) is 0 Å². The highest BCUT2D eigenvalue weighted by atomic mass is 19.1. The first kappa shape index (κ1) is 12.9. The molecule has 98 valence electrons. The lowest BCUT2D eigenvalue weighted by atomic mass is 10.1. The standard InChI is InChI=1S/C12H13F3N2O/c1-7-6-16-2-3-17(7)12(18)11-9(14)4-8(13)5-10(11)15/h4-5,7,16H,2-3,6H2,1H3/t7-/m0/s1. The second-order valence-electron chi connectivity index (χ2n) is 4.30. The van der Waals surface area contributed by atoms with Gasteiger partial charge in [0.25, 0.3) is 5.91 Å². The summed E-state index contributed by atoms with van der Waals surface area (Å²) in [4.78, 5) is 13.4. The first-order chi connectivity index (χ1) is 8.50. The van der Waals surface area contributed by atoms with Crippen molar-refractivity contribution >= 4 is 5.91 Å². The number of carbonyl (C=O) groups is 1. The van der Waals surface area contributed by atoms with E-state index in [2.05, 4.69) is 5.32 Å². The minimum atomic E-state index is -1.16. The van der Waals surface area contributed by atoms with Crippen LogP contribution in [0.15, 0.2) is 12.1 Å². The fourth-order valence-corrected chi connectivity index (χ4v) is 2.03. The second kappa shape index (κ2) is 4.97. The highest BCUT2D eigenvalue weighted by molar-refractivity contribution is 5.95. The third kappa shape index (κ3) is 2.33. The number of nitrogens with zero attached hydrogens (tertiary/aromatic N) is 1. The number of carbonyl (C=O) groups excluding carboxylic acids is 1. The maximum absolute atomic E-state index is 13.5. The van der Waals surface area contributed by atoms with Crippen molar-refractivity contribution in [3.05, 3.63) is 35.1 Å². The fourth-order valence-electron chi connectivity index (χ4n) is 2.03. The topological polar surface area (TPSA) is 32.3 Å². The molecule has 6 heteroatoms. The fraction of sp³-hybridized carbons (Fsp3) is 0.417. The zero-order chi connectivity index (χ0) is 13.3. The van der Waals surface area contributed by atoms with Crippen LogP contribution < -0.4 is 5.32 Å². The van der Waals surface area contributed by atoms with Crippen molar-refractivity contribution < 1.29 is 18.0 Å². The Morgan fingerprint density at radius 1 is 1.33 bits per heavy atom. The number of halogens is 3. The van der Waals surface area contributed by atoms with Gasteiger partial charge in [0.1, 0.15) is 23.0 Å². The van der Waals surface area contributed by atoms with Gasteiger partial charge in [-0.05, 0) is 6.92 Å². The van der Waals surface area contributed by atoms with Crippen LogP contribution in [-0.4, -0.2) is 36.5 Å². The van der Waals surface area contributed by atoms with Gasteiger partial charge in [0.2, 0.25) is 0 Å². The van der Waals surface area contributed by atoms with Gasteiger partial charge in [-0.1, -0.05) is 0 Å². The van der Waals surface area contributed by atoms with Gasteiger partial charge in [-0.3, -0.25) is 4.79 Å². The Balaban J connectivity index is 2.33. The van der Waals surface area contributed by atoms with Crippen molar-refractivity contribution in [2.24, 2.45) is 0 Å². The molecule has 1 saturated heterocycles. The van der Waals surface area contributed by atoms with E-state index in [-0.39, 0.29) is 6.04 Å². The molecule has 1 fully saturated rings. The Morgan fingerprint density at radius 3 is 2.50 bits per heavy atom. The first-order valence-corrected chi connectivity index (χ1v) is 5.67. The van der Waals surface area contributed by atoms with Crippen molar-refractivity contribution in [2.75, 3.05) is 19.6 Å². The molecule has 1 aromatic carbocycles. The van der Waals surface area contributed by atoms with E-state index in [1.54, 1.807) is 6.92 Å². The molecule has 2 rings (SSSR count). The predicted molar refractivity (Wildman–Crippen MR) is 59.7 cm³/mol. The molecular formula is C12H13F3N2O. The van der Waals surface area contributed by atoms with Crippen molar-refractivity contribution in [3.63, 3.8) is 0 Å². The van der Waals surface area contributed by atoms with Crippen molar-refractivity contribution in [1.82, 2.24) is 10.2 Å². The molecule has 1 atom stereocenters. The van der Waals surface area contributed by atoms with E-state index in [0.29, 0.717) is 31.8 Å². The van der Waals surface area contributed by atoms with Crippen LogP contribution in [-0.2, 0) is 0 Å². The molecule has 18 heavy (non-hydrogen) atoms. The van der Waals surface area contributed by atoms with Crippen molar-refractivity contribution in [1.29, 1.82) is 0 Å². The molecule has 1 aliphatic heterocycles. The van der Waals surface area contributed by atoms with Gasteiger partial charge in [-0.25, -0.2) is 13.2 Å². The first-order valence-electron chi connectivity index (χ1n) is 5.67. The predicted octanol–water partition coefficient (Wildman–Crippen LogP) is 1.54. The van der Waals surface area contributed by atoms with Crippen molar-refractivity contribution in [2.45, 2.75) is 13.0 Å². The summed E-state index contributed by atoms with van der Waals surface area (Å²) < 4.78 is 39.8. The number of nitrogens with one attached hydrogen (secondary N) is 1. The monoisotopic (exact) mass is 258 g/mol. The molecule has 0 bridgehead atoms. The highest BCUT2D eigenvalue weighted by Crippen LogP contribution is 2.18. The number of rotatable bonds is 1. The van der Waals surface area contributed by atoms with E-state index in [1.165, 1.54) is 4.90 Å². The summed E-state index contributed by atoms with van der Waals surface area (Å²) in [5, 5.41) is 3.07. The molecule has 3 nitrogen and oxygen atoms in total. The Hall–Kier alpha value is -1.56. The lowest BCUT2D eigenvalue weighted by Gasteiger charge is -2.34. The minimum absolute atomic E-state index is 0.157. The molecule has 1 aliphatic rings. The quantitative estimate of drug-likeness (QED) is 0.828. The Labute approximate surface area is 103 Å². The average molecular weight is 258 g/mol. The number of amides is 1. The van der Waals surface area contributed by atoms with E-state index in [1.807, 2.05) is 0 Å². The lowest BCUT2D eigenvalue weighted by Crippen LogP contribution is -2.52. The summed E-state index contributed by atoms with van der Waals surface area (Å²) in [6, 6.07) is 0.877. The molecular weight excluding hydrogens is 245 g/mol. The molecule has 0 aromatic heterocycles. The van der Waals surface area contributed by atoms with Crippen LogP contribution in [0.3, 0.4) is 0 Å². The molecule has 1 aromatic rings. The zero-order valence-corrected chi connectivity index (χ0v) is 9.84. The number of benzene rings is 1. The van der Waals surface area contributed by atoms with Gasteiger partial charge >= 0.3 is 0 Å². The Kier molecular flexibility index (Phi) is 3.56.